The Morgan fingerprint density at radius 3 is 2.79 bits per heavy atom. The summed E-state index contributed by atoms with van der Waals surface area (Å²) < 4.78 is 13.2. The van der Waals surface area contributed by atoms with E-state index in [0.717, 1.165) is 36.9 Å². The lowest BCUT2D eigenvalue weighted by atomic mass is 9.89. The van der Waals surface area contributed by atoms with Gasteiger partial charge in [0.1, 0.15) is 5.82 Å². The van der Waals surface area contributed by atoms with Gasteiger partial charge in [-0.1, -0.05) is 32.4 Å². The number of halogens is 1. The number of hydrogen-bond donors (Lipinski definition) is 1. The lowest BCUT2D eigenvalue weighted by Crippen LogP contribution is -2.28. The van der Waals surface area contributed by atoms with Gasteiger partial charge in [-0.05, 0) is 67.8 Å². The van der Waals surface area contributed by atoms with Crippen molar-refractivity contribution < 1.29 is 4.39 Å². The molecule has 2 unspecified atom stereocenters. The number of hydrogen-bond acceptors (Lipinski definition) is 1. The molecule has 0 heterocycles. The molecule has 1 aromatic rings. The van der Waals surface area contributed by atoms with Crippen molar-refractivity contribution in [2.24, 2.45) is 17.8 Å². The molecule has 1 aliphatic carbocycles. The van der Waals surface area contributed by atoms with Crippen molar-refractivity contribution in [1.82, 2.24) is 5.32 Å². The van der Waals surface area contributed by atoms with Crippen LogP contribution < -0.4 is 5.32 Å². The molecule has 0 radical (unpaired) electrons. The smallest absolute Gasteiger partial charge is 0.123 e. The van der Waals surface area contributed by atoms with Gasteiger partial charge < -0.3 is 5.32 Å². The second-order valence-electron chi connectivity index (χ2n) is 6.34. The van der Waals surface area contributed by atoms with Crippen LogP contribution in [0.15, 0.2) is 24.3 Å². The highest BCUT2D eigenvalue weighted by atomic mass is 19.1. The van der Waals surface area contributed by atoms with Crippen molar-refractivity contribution in [2.45, 2.75) is 39.5 Å². The largest absolute Gasteiger partial charge is 0.316 e. The number of nitrogens with one attached hydrogen (secondary N) is 1. The maximum Gasteiger partial charge on any atom is 0.123 e. The van der Waals surface area contributed by atoms with E-state index in [1.54, 1.807) is 6.07 Å². The first-order valence-electron chi connectivity index (χ1n) is 7.60. The predicted molar refractivity (Wildman–Crippen MR) is 78.6 cm³/mol. The van der Waals surface area contributed by atoms with E-state index in [-0.39, 0.29) is 5.82 Å². The average molecular weight is 263 g/mol. The third-order valence-corrected chi connectivity index (χ3v) is 4.16. The highest BCUT2D eigenvalue weighted by Crippen LogP contribution is 2.33. The van der Waals surface area contributed by atoms with Crippen LogP contribution in [0, 0.1) is 23.6 Å². The summed E-state index contributed by atoms with van der Waals surface area (Å²) in [7, 11) is 0. The first kappa shape index (κ1) is 14.5. The quantitative estimate of drug-likeness (QED) is 0.817. The Bertz CT molecular complexity index is 389. The standard InChI is InChI=1S/C17H26FN/c1-13(2)11-19-12-16-7-4-6-15(16)9-14-5-3-8-17(18)10-14/h3,5,8,10,13,15-16,19H,4,6-7,9,11-12H2,1-2H3. The molecule has 2 atom stereocenters. The van der Waals surface area contributed by atoms with Crippen LogP contribution in [0.4, 0.5) is 4.39 Å². The van der Waals surface area contributed by atoms with Crippen molar-refractivity contribution in [2.75, 3.05) is 13.1 Å². The first-order chi connectivity index (χ1) is 9.15. The maximum atomic E-state index is 13.2. The van der Waals surface area contributed by atoms with Crippen molar-refractivity contribution in [1.29, 1.82) is 0 Å². The van der Waals surface area contributed by atoms with Gasteiger partial charge in [0.2, 0.25) is 0 Å². The van der Waals surface area contributed by atoms with E-state index < -0.39 is 0 Å². The van der Waals surface area contributed by atoms with Crippen molar-refractivity contribution in [3.05, 3.63) is 35.6 Å². The van der Waals surface area contributed by atoms with E-state index >= 15 is 0 Å². The molecular formula is C17H26FN. The third-order valence-electron chi connectivity index (χ3n) is 4.16. The lowest BCUT2D eigenvalue weighted by molar-refractivity contribution is 0.357. The van der Waals surface area contributed by atoms with Gasteiger partial charge in [0.05, 0.1) is 0 Å². The molecule has 1 nitrogen and oxygen atoms in total. The molecule has 0 bridgehead atoms. The van der Waals surface area contributed by atoms with Gasteiger partial charge in [0.25, 0.3) is 0 Å². The SMILES string of the molecule is CC(C)CNCC1CCCC1Cc1cccc(F)c1. The molecule has 2 heteroatoms. The Morgan fingerprint density at radius 1 is 1.26 bits per heavy atom. The Labute approximate surface area is 116 Å². The summed E-state index contributed by atoms with van der Waals surface area (Å²) in [5.41, 5.74) is 1.15. The topological polar surface area (TPSA) is 12.0 Å². The molecule has 1 fully saturated rings. The molecule has 0 amide bonds. The summed E-state index contributed by atoms with van der Waals surface area (Å²) in [6.07, 6.45) is 4.98. The summed E-state index contributed by atoms with van der Waals surface area (Å²) in [4.78, 5) is 0. The lowest BCUT2D eigenvalue weighted by Gasteiger charge is -2.21. The van der Waals surface area contributed by atoms with Gasteiger partial charge in [-0.25, -0.2) is 4.39 Å². The zero-order chi connectivity index (χ0) is 13.7. The molecule has 106 valence electrons. The van der Waals surface area contributed by atoms with Crippen molar-refractivity contribution in [3.8, 4) is 0 Å². The van der Waals surface area contributed by atoms with Crippen LogP contribution in [0.1, 0.15) is 38.7 Å². The van der Waals surface area contributed by atoms with Crippen molar-refractivity contribution >= 4 is 0 Å². The molecule has 1 saturated carbocycles. The zero-order valence-corrected chi connectivity index (χ0v) is 12.2. The zero-order valence-electron chi connectivity index (χ0n) is 12.2. The van der Waals surface area contributed by atoms with Crippen molar-refractivity contribution in [3.63, 3.8) is 0 Å². The first-order valence-corrected chi connectivity index (χ1v) is 7.60. The van der Waals surface area contributed by atoms with E-state index in [1.807, 2.05) is 6.07 Å². The molecule has 0 aliphatic heterocycles. The predicted octanol–water partition coefficient (Wildman–Crippen LogP) is 4.03. The molecule has 0 spiro atoms. The van der Waals surface area contributed by atoms with Gasteiger partial charge in [-0.2, -0.15) is 0 Å². The number of rotatable bonds is 6. The van der Waals surface area contributed by atoms with Gasteiger partial charge >= 0.3 is 0 Å². The van der Waals surface area contributed by atoms with Crippen LogP contribution >= 0.6 is 0 Å². The van der Waals surface area contributed by atoms with Gasteiger partial charge in [-0.15, -0.1) is 0 Å². The molecular weight excluding hydrogens is 237 g/mol. The Morgan fingerprint density at radius 2 is 2.05 bits per heavy atom. The highest BCUT2D eigenvalue weighted by molar-refractivity contribution is 5.17. The van der Waals surface area contributed by atoms with Crippen LogP contribution in [0.25, 0.3) is 0 Å². The fraction of sp³-hybridized carbons (Fsp3) is 0.647. The van der Waals surface area contributed by atoms with Crippen LogP contribution in [-0.4, -0.2) is 13.1 Å². The second kappa shape index (κ2) is 7.04. The molecule has 1 aliphatic rings. The van der Waals surface area contributed by atoms with Crippen LogP contribution in [0.5, 0.6) is 0 Å². The molecule has 19 heavy (non-hydrogen) atoms. The van der Waals surface area contributed by atoms with Crippen LogP contribution in [0.3, 0.4) is 0 Å². The summed E-state index contributed by atoms with van der Waals surface area (Å²) in [6, 6.07) is 7.10. The minimum atomic E-state index is -0.107. The maximum absolute atomic E-state index is 13.2. The third kappa shape index (κ3) is 4.61. The summed E-state index contributed by atoms with van der Waals surface area (Å²) in [5, 5.41) is 3.58. The van der Waals surface area contributed by atoms with E-state index in [2.05, 4.69) is 25.2 Å². The molecule has 0 aromatic heterocycles. The van der Waals surface area contributed by atoms with E-state index in [1.165, 1.54) is 25.3 Å². The minimum Gasteiger partial charge on any atom is -0.316 e. The van der Waals surface area contributed by atoms with E-state index in [4.69, 9.17) is 0 Å². The summed E-state index contributed by atoms with van der Waals surface area (Å²) in [6.45, 7) is 6.71. The minimum absolute atomic E-state index is 0.107. The van der Waals surface area contributed by atoms with Crippen LogP contribution in [0.2, 0.25) is 0 Å². The Balaban J connectivity index is 1.84. The molecule has 1 N–H and O–H groups in total. The fourth-order valence-corrected chi connectivity index (χ4v) is 3.18. The highest BCUT2D eigenvalue weighted by Gasteiger charge is 2.26. The monoisotopic (exact) mass is 263 g/mol. The molecule has 0 saturated heterocycles. The van der Waals surface area contributed by atoms with Gasteiger partial charge in [-0.3, -0.25) is 0 Å². The van der Waals surface area contributed by atoms with E-state index in [9.17, 15) is 4.39 Å². The summed E-state index contributed by atoms with van der Waals surface area (Å²) in [5.74, 6) is 2.09. The molecule has 2 rings (SSSR count). The normalized spacial score (nSPS) is 23.2. The number of benzene rings is 1. The Hall–Kier alpha value is -0.890. The average Bonchev–Trinajstić information content (AvgIpc) is 2.76. The van der Waals surface area contributed by atoms with E-state index in [0.29, 0.717) is 5.92 Å². The van der Waals surface area contributed by atoms with Gasteiger partial charge in [0.15, 0.2) is 0 Å². The Kier molecular flexibility index (Phi) is 5.38. The van der Waals surface area contributed by atoms with Crippen LogP contribution in [-0.2, 0) is 6.42 Å². The van der Waals surface area contributed by atoms with Gasteiger partial charge in [0, 0.05) is 0 Å². The second-order valence-corrected chi connectivity index (χ2v) is 6.34. The summed E-state index contributed by atoms with van der Waals surface area (Å²) >= 11 is 0. The molecule has 1 aromatic carbocycles. The fourth-order valence-electron chi connectivity index (χ4n) is 3.18.